The molecule has 0 aromatic heterocycles. The van der Waals surface area contributed by atoms with Crippen LogP contribution in [-0.4, -0.2) is 37.4 Å². The van der Waals surface area contributed by atoms with Crippen LogP contribution in [0, 0.1) is 5.92 Å². The maximum Gasteiger partial charge on any atom is 0.271 e. The molecule has 2 fully saturated rings. The number of sulfonamides is 1. The molecule has 1 aliphatic carbocycles. The third kappa shape index (κ3) is 4.27. The van der Waals surface area contributed by atoms with E-state index in [4.69, 9.17) is 0 Å². The van der Waals surface area contributed by atoms with Crippen molar-refractivity contribution in [2.24, 2.45) is 11.0 Å². The molecule has 6 nitrogen and oxygen atoms in total. The Morgan fingerprint density at radius 1 is 1.24 bits per heavy atom. The van der Waals surface area contributed by atoms with E-state index in [9.17, 15) is 13.2 Å². The number of amides is 1. The van der Waals surface area contributed by atoms with Gasteiger partial charge in [-0.3, -0.25) is 4.79 Å². The van der Waals surface area contributed by atoms with Crippen LogP contribution in [0.15, 0.2) is 34.3 Å². The van der Waals surface area contributed by atoms with Crippen LogP contribution in [0.5, 0.6) is 0 Å². The SMILES string of the molecule is CC1CCCC(=NNC(=O)c2cccc(S(=O)(=O)N3CCCC3)c2)C1. The minimum atomic E-state index is -3.52. The second-order valence-corrected chi connectivity index (χ2v) is 8.90. The van der Waals surface area contributed by atoms with E-state index in [1.807, 2.05) is 0 Å². The molecule has 1 aliphatic heterocycles. The fraction of sp³-hybridized carbons (Fsp3) is 0.556. The van der Waals surface area contributed by atoms with Crippen LogP contribution in [0.2, 0.25) is 0 Å². The molecule has 0 bridgehead atoms. The largest absolute Gasteiger partial charge is 0.271 e. The highest BCUT2D eigenvalue weighted by Gasteiger charge is 2.27. The van der Waals surface area contributed by atoms with E-state index in [-0.39, 0.29) is 10.8 Å². The van der Waals surface area contributed by atoms with Crippen molar-refractivity contribution >= 4 is 21.6 Å². The van der Waals surface area contributed by atoms with Gasteiger partial charge >= 0.3 is 0 Å². The molecule has 1 heterocycles. The second-order valence-electron chi connectivity index (χ2n) is 6.96. The van der Waals surface area contributed by atoms with Gasteiger partial charge in [-0.15, -0.1) is 0 Å². The predicted octanol–water partition coefficient (Wildman–Crippen LogP) is 2.77. The smallest absolute Gasteiger partial charge is 0.267 e. The lowest BCUT2D eigenvalue weighted by Crippen LogP contribution is -2.28. The summed E-state index contributed by atoms with van der Waals surface area (Å²) in [6, 6.07) is 6.20. The fourth-order valence-corrected chi connectivity index (χ4v) is 5.00. The van der Waals surface area contributed by atoms with Crippen molar-refractivity contribution in [2.45, 2.75) is 50.3 Å². The Bertz CT molecular complexity index is 768. The molecule has 7 heteroatoms. The van der Waals surface area contributed by atoms with E-state index in [0.29, 0.717) is 24.6 Å². The van der Waals surface area contributed by atoms with Gasteiger partial charge in [0.1, 0.15) is 0 Å². The molecule has 1 unspecified atom stereocenters. The minimum Gasteiger partial charge on any atom is -0.267 e. The van der Waals surface area contributed by atoms with E-state index in [1.54, 1.807) is 18.2 Å². The molecule has 1 amide bonds. The molecule has 1 aromatic rings. The Labute approximate surface area is 149 Å². The molecule has 25 heavy (non-hydrogen) atoms. The van der Waals surface area contributed by atoms with Crippen LogP contribution in [0.1, 0.15) is 55.8 Å². The quantitative estimate of drug-likeness (QED) is 0.836. The molecular weight excluding hydrogens is 338 g/mol. The van der Waals surface area contributed by atoms with E-state index >= 15 is 0 Å². The summed E-state index contributed by atoms with van der Waals surface area (Å²) in [5.41, 5.74) is 3.90. The molecule has 1 atom stereocenters. The number of benzene rings is 1. The number of nitrogens with one attached hydrogen (secondary N) is 1. The fourth-order valence-electron chi connectivity index (χ4n) is 3.43. The van der Waals surface area contributed by atoms with Crippen LogP contribution >= 0.6 is 0 Å². The molecule has 1 saturated heterocycles. The molecule has 136 valence electrons. The number of hydrazone groups is 1. The van der Waals surface area contributed by atoms with Crippen LogP contribution in [0.4, 0.5) is 0 Å². The van der Waals surface area contributed by atoms with Gasteiger partial charge in [-0.2, -0.15) is 9.41 Å². The maximum absolute atomic E-state index is 12.6. The highest BCUT2D eigenvalue weighted by Crippen LogP contribution is 2.22. The van der Waals surface area contributed by atoms with Crippen LogP contribution < -0.4 is 5.43 Å². The third-order valence-electron chi connectivity index (χ3n) is 4.86. The Hall–Kier alpha value is -1.73. The monoisotopic (exact) mass is 363 g/mol. The molecule has 2 aliphatic rings. The average molecular weight is 363 g/mol. The van der Waals surface area contributed by atoms with Gasteiger partial charge in [-0.25, -0.2) is 13.8 Å². The first kappa shape index (κ1) is 18.1. The summed E-state index contributed by atoms with van der Waals surface area (Å²) >= 11 is 0. The first-order valence-electron chi connectivity index (χ1n) is 8.93. The highest BCUT2D eigenvalue weighted by atomic mass is 32.2. The summed E-state index contributed by atoms with van der Waals surface area (Å²) in [4.78, 5) is 12.5. The van der Waals surface area contributed by atoms with Gasteiger partial charge in [-0.05, 0) is 62.6 Å². The van der Waals surface area contributed by atoms with Crippen molar-refractivity contribution in [1.82, 2.24) is 9.73 Å². The first-order chi connectivity index (χ1) is 12.0. The summed E-state index contributed by atoms with van der Waals surface area (Å²) in [5.74, 6) is 0.225. The topological polar surface area (TPSA) is 78.8 Å². The number of rotatable bonds is 4. The van der Waals surface area contributed by atoms with Gasteiger partial charge in [0.25, 0.3) is 5.91 Å². The van der Waals surface area contributed by atoms with Gasteiger partial charge < -0.3 is 0 Å². The predicted molar refractivity (Wildman–Crippen MR) is 97.0 cm³/mol. The third-order valence-corrected chi connectivity index (χ3v) is 6.76. The van der Waals surface area contributed by atoms with Crippen molar-refractivity contribution in [2.75, 3.05) is 13.1 Å². The second kappa shape index (κ2) is 7.66. The molecule has 1 saturated carbocycles. The molecular formula is C18H25N3O3S. The number of hydrogen-bond acceptors (Lipinski definition) is 4. The van der Waals surface area contributed by atoms with Gasteiger partial charge in [0.15, 0.2) is 0 Å². The Morgan fingerprint density at radius 3 is 2.72 bits per heavy atom. The molecule has 1 N–H and O–H groups in total. The minimum absolute atomic E-state index is 0.168. The average Bonchev–Trinajstić information content (AvgIpc) is 3.15. The van der Waals surface area contributed by atoms with Crippen LogP contribution in [0.3, 0.4) is 0 Å². The summed E-state index contributed by atoms with van der Waals surface area (Å²) in [6.45, 7) is 3.28. The Morgan fingerprint density at radius 2 is 2.00 bits per heavy atom. The maximum atomic E-state index is 12.6. The number of hydrogen-bond donors (Lipinski definition) is 1. The van der Waals surface area contributed by atoms with Crippen molar-refractivity contribution in [1.29, 1.82) is 0 Å². The lowest BCUT2D eigenvalue weighted by Gasteiger charge is -2.19. The van der Waals surface area contributed by atoms with E-state index in [1.165, 1.54) is 16.8 Å². The summed E-state index contributed by atoms with van der Waals surface area (Å²) in [6.07, 6.45) is 5.88. The van der Waals surface area contributed by atoms with E-state index < -0.39 is 10.0 Å². The number of carbonyl (C=O) groups is 1. The molecule has 0 radical (unpaired) electrons. The van der Waals surface area contributed by atoms with Gasteiger partial charge in [0.05, 0.1) is 4.90 Å². The lowest BCUT2D eigenvalue weighted by atomic mass is 9.89. The van der Waals surface area contributed by atoms with Gasteiger partial charge in [-0.1, -0.05) is 13.0 Å². The molecule has 1 aromatic carbocycles. The highest BCUT2D eigenvalue weighted by molar-refractivity contribution is 7.89. The van der Waals surface area contributed by atoms with E-state index in [2.05, 4.69) is 17.5 Å². The summed E-state index contributed by atoms with van der Waals surface area (Å²) in [7, 11) is -3.52. The normalized spacial score (nSPS) is 23.7. The summed E-state index contributed by atoms with van der Waals surface area (Å²) < 4.78 is 26.7. The van der Waals surface area contributed by atoms with E-state index in [0.717, 1.165) is 37.8 Å². The molecule has 3 rings (SSSR count). The zero-order valence-electron chi connectivity index (χ0n) is 14.6. The van der Waals surface area contributed by atoms with Crippen molar-refractivity contribution in [3.63, 3.8) is 0 Å². The number of nitrogens with zero attached hydrogens (tertiary/aromatic N) is 2. The molecule has 0 spiro atoms. The number of carbonyl (C=O) groups excluding carboxylic acids is 1. The standard InChI is InChI=1S/C18H25N3O3S/c1-14-6-4-8-16(12-14)19-20-18(22)15-7-5-9-17(13-15)25(23,24)21-10-2-3-11-21/h5,7,9,13-14H,2-4,6,8,10-12H2,1H3,(H,20,22). The summed E-state index contributed by atoms with van der Waals surface area (Å²) in [5, 5.41) is 4.24. The Kier molecular flexibility index (Phi) is 5.54. The Balaban J connectivity index is 1.72. The van der Waals surface area contributed by atoms with Crippen molar-refractivity contribution < 1.29 is 13.2 Å². The van der Waals surface area contributed by atoms with Crippen LogP contribution in [-0.2, 0) is 10.0 Å². The van der Waals surface area contributed by atoms with Gasteiger partial charge in [0.2, 0.25) is 10.0 Å². The first-order valence-corrected chi connectivity index (χ1v) is 10.4. The van der Waals surface area contributed by atoms with Gasteiger partial charge in [0, 0.05) is 24.4 Å². The zero-order valence-corrected chi connectivity index (χ0v) is 15.4. The van der Waals surface area contributed by atoms with Crippen molar-refractivity contribution in [3.8, 4) is 0 Å². The van der Waals surface area contributed by atoms with Crippen LogP contribution in [0.25, 0.3) is 0 Å². The lowest BCUT2D eigenvalue weighted by molar-refractivity contribution is 0.0954. The zero-order chi connectivity index (χ0) is 17.9. The van der Waals surface area contributed by atoms with Crippen molar-refractivity contribution in [3.05, 3.63) is 29.8 Å².